The van der Waals surface area contributed by atoms with Crippen molar-refractivity contribution in [2.24, 2.45) is 0 Å². The summed E-state index contributed by atoms with van der Waals surface area (Å²) < 4.78 is 12.5. The standard InChI is InChI=1S/C20H23Cl2N3O2/c1-4-17-20(23-14(11-26-2)12-27-3)19-7-5-6-18(25(19)24-17)15-9-8-13(21)10-16(15)22/h5-10,14,23H,4,11-12H2,1-3H3. The number of methoxy groups -OCH3 is 2. The molecule has 0 aliphatic heterocycles. The highest BCUT2D eigenvalue weighted by atomic mass is 35.5. The van der Waals surface area contributed by atoms with Gasteiger partial charge in [0.1, 0.15) is 0 Å². The number of nitrogens with zero attached hydrogens (tertiary/aromatic N) is 2. The minimum Gasteiger partial charge on any atom is -0.382 e. The number of hydrogen-bond donors (Lipinski definition) is 1. The first kappa shape index (κ1) is 20.0. The zero-order chi connectivity index (χ0) is 19.4. The minimum atomic E-state index is 0.0288. The second-order valence-corrected chi connectivity index (χ2v) is 7.10. The molecule has 0 fully saturated rings. The smallest absolute Gasteiger partial charge is 0.0903 e. The Morgan fingerprint density at radius 3 is 2.48 bits per heavy atom. The van der Waals surface area contributed by atoms with Gasteiger partial charge in [0.2, 0.25) is 0 Å². The normalized spacial score (nSPS) is 11.5. The van der Waals surface area contributed by atoms with Crippen LogP contribution >= 0.6 is 23.2 Å². The lowest BCUT2D eigenvalue weighted by atomic mass is 10.1. The number of benzene rings is 1. The van der Waals surface area contributed by atoms with Gasteiger partial charge in [-0.15, -0.1) is 0 Å². The summed E-state index contributed by atoms with van der Waals surface area (Å²) in [6.45, 7) is 3.16. The summed E-state index contributed by atoms with van der Waals surface area (Å²) >= 11 is 12.5. The molecule has 2 heterocycles. The quantitative estimate of drug-likeness (QED) is 0.573. The molecule has 0 unspecified atom stereocenters. The third-order valence-corrected chi connectivity index (χ3v) is 4.90. The summed E-state index contributed by atoms with van der Waals surface area (Å²) in [7, 11) is 3.36. The van der Waals surface area contributed by atoms with Gasteiger partial charge in [0.15, 0.2) is 0 Å². The van der Waals surface area contributed by atoms with Gasteiger partial charge in [-0.25, -0.2) is 4.52 Å². The zero-order valence-electron chi connectivity index (χ0n) is 15.6. The zero-order valence-corrected chi connectivity index (χ0v) is 17.1. The van der Waals surface area contributed by atoms with E-state index in [-0.39, 0.29) is 6.04 Å². The van der Waals surface area contributed by atoms with E-state index in [1.165, 1.54) is 0 Å². The SMILES string of the molecule is CCc1nn2c(-c3ccc(Cl)cc3Cl)cccc2c1NC(COC)COC. The fourth-order valence-electron chi connectivity index (χ4n) is 3.16. The average molecular weight is 408 g/mol. The Kier molecular flexibility index (Phi) is 6.60. The molecule has 144 valence electrons. The highest BCUT2D eigenvalue weighted by Gasteiger charge is 2.18. The second-order valence-electron chi connectivity index (χ2n) is 6.26. The first-order chi connectivity index (χ1) is 13.1. The van der Waals surface area contributed by atoms with Crippen LogP contribution in [0.3, 0.4) is 0 Å². The van der Waals surface area contributed by atoms with Crippen LogP contribution in [-0.4, -0.2) is 43.1 Å². The van der Waals surface area contributed by atoms with Gasteiger partial charge in [-0.2, -0.15) is 5.10 Å². The molecule has 0 atom stereocenters. The van der Waals surface area contributed by atoms with Crippen molar-refractivity contribution < 1.29 is 9.47 Å². The van der Waals surface area contributed by atoms with E-state index in [2.05, 4.69) is 12.2 Å². The molecule has 3 aromatic rings. The molecule has 0 bridgehead atoms. The minimum absolute atomic E-state index is 0.0288. The predicted octanol–water partition coefficient (Wildman–Crippen LogP) is 4.94. The lowest BCUT2D eigenvalue weighted by molar-refractivity contribution is 0.126. The van der Waals surface area contributed by atoms with Crippen molar-refractivity contribution in [2.75, 3.05) is 32.8 Å². The average Bonchev–Trinajstić information content (AvgIpc) is 3.00. The number of nitrogens with one attached hydrogen (secondary N) is 1. The van der Waals surface area contributed by atoms with Crippen LogP contribution in [-0.2, 0) is 15.9 Å². The summed E-state index contributed by atoms with van der Waals surface area (Å²) in [6, 6.07) is 11.6. The van der Waals surface area contributed by atoms with E-state index in [1.807, 2.05) is 34.8 Å². The van der Waals surface area contributed by atoms with Crippen molar-refractivity contribution >= 4 is 34.4 Å². The van der Waals surface area contributed by atoms with E-state index >= 15 is 0 Å². The van der Waals surface area contributed by atoms with Crippen LogP contribution in [0.1, 0.15) is 12.6 Å². The fraction of sp³-hybridized carbons (Fsp3) is 0.350. The Morgan fingerprint density at radius 2 is 1.85 bits per heavy atom. The highest BCUT2D eigenvalue weighted by Crippen LogP contribution is 2.33. The third-order valence-electron chi connectivity index (χ3n) is 4.36. The van der Waals surface area contributed by atoms with Crippen molar-refractivity contribution in [3.8, 4) is 11.3 Å². The van der Waals surface area contributed by atoms with Crippen LogP contribution in [0.15, 0.2) is 36.4 Å². The van der Waals surface area contributed by atoms with Gasteiger partial charge >= 0.3 is 0 Å². The van der Waals surface area contributed by atoms with E-state index < -0.39 is 0 Å². The summed E-state index contributed by atoms with van der Waals surface area (Å²) in [6.07, 6.45) is 0.796. The molecule has 0 radical (unpaired) electrons. The number of rotatable bonds is 8. The van der Waals surface area contributed by atoms with Gasteiger partial charge in [0.05, 0.1) is 46.9 Å². The lowest BCUT2D eigenvalue weighted by Crippen LogP contribution is -2.30. The Hall–Kier alpha value is -1.79. The Labute approximate surface area is 169 Å². The number of fused-ring (bicyclic) bond motifs is 1. The topological polar surface area (TPSA) is 47.8 Å². The van der Waals surface area contributed by atoms with Crippen LogP contribution in [0.25, 0.3) is 16.8 Å². The highest BCUT2D eigenvalue weighted by molar-refractivity contribution is 6.36. The van der Waals surface area contributed by atoms with Gasteiger partial charge in [-0.05, 0) is 36.8 Å². The van der Waals surface area contributed by atoms with Gasteiger partial charge in [0.25, 0.3) is 0 Å². The Balaban J connectivity index is 2.11. The number of aryl methyl sites for hydroxylation is 1. The molecular formula is C20H23Cl2N3O2. The van der Waals surface area contributed by atoms with E-state index in [0.29, 0.717) is 23.3 Å². The molecule has 0 spiro atoms. The molecule has 0 aliphatic rings. The molecule has 0 saturated heterocycles. The van der Waals surface area contributed by atoms with Crippen molar-refractivity contribution in [1.29, 1.82) is 0 Å². The van der Waals surface area contributed by atoms with Crippen molar-refractivity contribution in [3.05, 3.63) is 52.1 Å². The van der Waals surface area contributed by atoms with E-state index in [0.717, 1.165) is 34.6 Å². The maximum atomic E-state index is 6.44. The number of pyridine rings is 1. The molecule has 0 saturated carbocycles. The van der Waals surface area contributed by atoms with Gasteiger partial charge in [0, 0.05) is 24.8 Å². The van der Waals surface area contributed by atoms with Crippen molar-refractivity contribution in [2.45, 2.75) is 19.4 Å². The number of hydrogen-bond acceptors (Lipinski definition) is 4. The van der Waals surface area contributed by atoms with E-state index in [4.69, 9.17) is 37.8 Å². The van der Waals surface area contributed by atoms with Crippen LogP contribution < -0.4 is 5.32 Å². The molecule has 5 nitrogen and oxygen atoms in total. The molecule has 2 aromatic heterocycles. The fourth-order valence-corrected chi connectivity index (χ4v) is 3.67. The van der Waals surface area contributed by atoms with Gasteiger partial charge in [-0.3, -0.25) is 0 Å². The van der Waals surface area contributed by atoms with Crippen molar-refractivity contribution in [3.63, 3.8) is 0 Å². The van der Waals surface area contributed by atoms with E-state index in [9.17, 15) is 0 Å². The maximum Gasteiger partial charge on any atom is 0.0903 e. The number of anilines is 1. The molecule has 0 aliphatic carbocycles. The molecule has 0 amide bonds. The molecule has 3 rings (SSSR count). The summed E-state index contributed by atoms with van der Waals surface area (Å²) in [5.74, 6) is 0. The first-order valence-corrected chi connectivity index (χ1v) is 9.55. The van der Waals surface area contributed by atoms with E-state index in [1.54, 1.807) is 20.3 Å². The molecule has 1 aromatic carbocycles. The van der Waals surface area contributed by atoms with Gasteiger partial charge < -0.3 is 14.8 Å². The number of ether oxygens (including phenoxy) is 2. The molecular weight excluding hydrogens is 385 g/mol. The molecule has 1 N–H and O–H groups in total. The van der Waals surface area contributed by atoms with Crippen LogP contribution in [0.4, 0.5) is 5.69 Å². The van der Waals surface area contributed by atoms with Crippen LogP contribution in [0, 0.1) is 0 Å². The predicted molar refractivity (Wildman–Crippen MR) is 111 cm³/mol. The maximum absolute atomic E-state index is 6.44. The summed E-state index contributed by atoms with van der Waals surface area (Å²) in [5.41, 5.74) is 4.74. The second kappa shape index (κ2) is 8.93. The molecule has 27 heavy (non-hydrogen) atoms. The first-order valence-electron chi connectivity index (χ1n) is 8.79. The Morgan fingerprint density at radius 1 is 1.11 bits per heavy atom. The third kappa shape index (κ3) is 4.22. The number of halogens is 2. The van der Waals surface area contributed by atoms with Crippen LogP contribution in [0.5, 0.6) is 0 Å². The van der Waals surface area contributed by atoms with Gasteiger partial charge in [-0.1, -0.05) is 36.2 Å². The summed E-state index contributed by atoms with van der Waals surface area (Å²) in [5, 5.41) is 9.56. The summed E-state index contributed by atoms with van der Waals surface area (Å²) in [4.78, 5) is 0. The molecule has 7 heteroatoms. The monoisotopic (exact) mass is 407 g/mol. The largest absolute Gasteiger partial charge is 0.382 e. The Bertz CT molecular complexity index is 921. The van der Waals surface area contributed by atoms with Crippen molar-refractivity contribution in [1.82, 2.24) is 9.61 Å². The number of aromatic nitrogens is 2. The van der Waals surface area contributed by atoms with Crippen LogP contribution in [0.2, 0.25) is 10.0 Å². The lowest BCUT2D eigenvalue weighted by Gasteiger charge is -2.18.